The molecule has 2 atom stereocenters. The van der Waals surface area contributed by atoms with Crippen LogP contribution in [0.1, 0.15) is 49.4 Å². The van der Waals surface area contributed by atoms with Gasteiger partial charge in [0.05, 0.1) is 16.4 Å². The second-order valence-electron chi connectivity index (χ2n) is 6.51. The molecular formula is C18H28N4O2S2. The van der Waals surface area contributed by atoms with E-state index in [-0.39, 0.29) is 22.8 Å². The van der Waals surface area contributed by atoms with Crippen LogP contribution < -0.4 is 16.6 Å². The first-order valence-corrected chi connectivity index (χ1v) is 10.8. The van der Waals surface area contributed by atoms with Crippen LogP contribution in [0.15, 0.2) is 4.79 Å². The number of rotatable bonds is 9. The maximum absolute atomic E-state index is 12.3. The van der Waals surface area contributed by atoms with Crippen molar-refractivity contribution in [2.75, 3.05) is 6.54 Å². The van der Waals surface area contributed by atoms with E-state index in [1.807, 2.05) is 20.8 Å². The Morgan fingerprint density at radius 2 is 2.15 bits per heavy atom. The van der Waals surface area contributed by atoms with E-state index in [9.17, 15) is 9.59 Å². The highest BCUT2D eigenvalue weighted by atomic mass is 32.2. The highest BCUT2D eigenvalue weighted by molar-refractivity contribution is 7.99. The highest BCUT2D eigenvalue weighted by Gasteiger charge is 2.18. The topological polar surface area (TPSA) is 101 Å². The summed E-state index contributed by atoms with van der Waals surface area (Å²) in [6.45, 7) is 8.37. The van der Waals surface area contributed by atoms with E-state index in [1.54, 1.807) is 0 Å². The number of hydrogen-bond acceptors (Lipinski definition) is 6. The summed E-state index contributed by atoms with van der Waals surface area (Å²) in [6.07, 6.45) is 3.03. The van der Waals surface area contributed by atoms with Crippen molar-refractivity contribution in [1.29, 1.82) is 0 Å². The van der Waals surface area contributed by atoms with Gasteiger partial charge in [-0.3, -0.25) is 9.59 Å². The fraction of sp³-hybridized carbons (Fsp3) is 0.611. The monoisotopic (exact) mass is 396 g/mol. The van der Waals surface area contributed by atoms with Crippen LogP contribution in [0.3, 0.4) is 0 Å². The Labute approximate surface area is 162 Å². The summed E-state index contributed by atoms with van der Waals surface area (Å²) in [4.78, 5) is 33.9. The van der Waals surface area contributed by atoms with Crippen molar-refractivity contribution >= 4 is 39.2 Å². The molecule has 0 fully saturated rings. The lowest BCUT2D eigenvalue weighted by Gasteiger charge is -2.19. The molecule has 0 bridgehead atoms. The van der Waals surface area contributed by atoms with Crippen molar-refractivity contribution in [1.82, 2.24) is 15.3 Å². The Morgan fingerprint density at radius 1 is 1.42 bits per heavy atom. The first kappa shape index (κ1) is 20.9. The van der Waals surface area contributed by atoms with Crippen LogP contribution in [-0.4, -0.2) is 33.7 Å². The molecule has 0 aliphatic carbocycles. The number of H-pyrrole nitrogens is 1. The zero-order valence-electron chi connectivity index (χ0n) is 15.8. The summed E-state index contributed by atoms with van der Waals surface area (Å²) in [5.74, 6) is 1.07. The lowest BCUT2D eigenvalue weighted by molar-refractivity contribution is -0.121. The number of aromatic nitrogens is 2. The number of nitrogens with one attached hydrogen (secondary N) is 2. The second-order valence-corrected chi connectivity index (χ2v) is 9.05. The number of carbonyl (C=O) groups excluding carboxylic acids is 1. The van der Waals surface area contributed by atoms with E-state index in [1.165, 1.54) is 23.1 Å². The number of nitrogens with zero attached hydrogens (tertiary/aromatic N) is 1. The number of thioether (sulfide) groups is 1. The smallest absolute Gasteiger partial charge is 0.259 e. The van der Waals surface area contributed by atoms with Crippen molar-refractivity contribution in [3.63, 3.8) is 0 Å². The van der Waals surface area contributed by atoms with Gasteiger partial charge in [0.2, 0.25) is 5.91 Å². The summed E-state index contributed by atoms with van der Waals surface area (Å²) in [7, 11) is 0. The molecule has 8 heteroatoms. The molecule has 0 aliphatic heterocycles. The summed E-state index contributed by atoms with van der Waals surface area (Å²) in [5, 5.41) is 3.45. The molecule has 0 aliphatic rings. The van der Waals surface area contributed by atoms with Crippen LogP contribution in [0, 0.1) is 13.8 Å². The molecule has 2 rings (SSSR count). The van der Waals surface area contributed by atoms with Crippen LogP contribution in [0.5, 0.6) is 0 Å². The summed E-state index contributed by atoms with van der Waals surface area (Å²) in [6, 6.07) is 0.0249. The Balaban J connectivity index is 1.98. The van der Waals surface area contributed by atoms with Crippen molar-refractivity contribution < 1.29 is 4.79 Å². The Kier molecular flexibility index (Phi) is 7.67. The number of amides is 1. The van der Waals surface area contributed by atoms with Crippen LogP contribution in [0.25, 0.3) is 10.2 Å². The van der Waals surface area contributed by atoms with E-state index in [4.69, 9.17) is 5.73 Å². The van der Waals surface area contributed by atoms with Gasteiger partial charge in [-0.2, -0.15) is 0 Å². The maximum Gasteiger partial charge on any atom is 0.259 e. The first-order valence-electron chi connectivity index (χ1n) is 8.98. The molecule has 0 spiro atoms. The fourth-order valence-electron chi connectivity index (χ4n) is 2.67. The zero-order valence-corrected chi connectivity index (χ0v) is 17.5. The number of nitrogens with two attached hydrogens (primary N) is 1. The van der Waals surface area contributed by atoms with Crippen molar-refractivity contribution in [2.45, 2.75) is 64.0 Å². The van der Waals surface area contributed by atoms with Gasteiger partial charge in [0.25, 0.3) is 5.56 Å². The normalized spacial score (nSPS) is 13.7. The van der Waals surface area contributed by atoms with Crippen molar-refractivity contribution in [3.8, 4) is 0 Å². The molecule has 2 aromatic heterocycles. The summed E-state index contributed by atoms with van der Waals surface area (Å²) < 4.78 is 0. The van der Waals surface area contributed by atoms with Gasteiger partial charge < -0.3 is 16.0 Å². The van der Waals surface area contributed by atoms with E-state index < -0.39 is 0 Å². The third-order valence-corrected chi connectivity index (χ3v) is 6.72. The molecule has 0 saturated heterocycles. The SMILES string of the molecule is CCCCC(CN)NC(=O)C(C)SCc1nc2sc(C)c(C)c2c(=O)[nH]1. The molecule has 6 nitrogen and oxygen atoms in total. The van der Waals surface area contributed by atoms with Crippen molar-refractivity contribution in [2.24, 2.45) is 5.73 Å². The minimum absolute atomic E-state index is 0.0206. The van der Waals surface area contributed by atoms with Gasteiger partial charge in [-0.05, 0) is 32.8 Å². The molecule has 0 radical (unpaired) electrons. The van der Waals surface area contributed by atoms with E-state index in [2.05, 4.69) is 22.2 Å². The molecule has 4 N–H and O–H groups in total. The minimum atomic E-state index is -0.238. The molecule has 26 heavy (non-hydrogen) atoms. The standard InChI is InChI=1S/C18H28N4O2S2/c1-5-6-7-13(8-19)20-16(23)12(4)25-9-14-21-17(24)15-10(2)11(3)26-18(15)22-14/h12-13H,5-9,19H2,1-4H3,(H,20,23)(H,21,22,24). The number of hydrogen-bond donors (Lipinski definition) is 3. The largest absolute Gasteiger partial charge is 0.351 e. The molecular weight excluding hydrogens is 368 g/mol. The van der Waals surface area contributed by atoms with E-state index >= 15 is 0 Å². The van der Waals surface area contributed by atoms with Crippen LogP contribution in [0.2, 0.25) is 0 Å². The number of unbranched alkanes of at least 4 members (excludes halogenated alkanes) is 1. The summed E-state index contributed by atoms with van der Waals surface area (Å²) in [5.41, 5.74) is 6.63. The zero-order chi connectivity index (χ0) is 19.3. The van der Waals surface area contributed by atoms with Crippen LogP contribution in [0.4, 0.5) is 0 Å². The van der Waals surface area contributed by atoms with Gasteiger partial charge in [0, 0.05) is 17.5 Å². The number of aryl methyl sites for hydroxylation is 2. The van der Waals surface area contributed by atoms with Gasteiger partial charge >= 0.3 is 0 Å². The lowest BCUT2D eigenvalue weighted by Crippen LogP contribution is -2.43. The molecule has 0 aromatic carbocycles. The Bertz CT molecular complexity index is 815. The minimum Gasteiger partial charge on any atom is -0.351 e. The molecule has 1 amide bonds. The average Bonchev–Trinajstić information content (AvgIpc) is 2.90. The number of thiophene rings is 1. The Hall–Kier alpha value is -1.38. The molecule has 2 unspecified atom stereocenters. The second kappa shape index (κ2) is 9.53. The van der Waals surface area contributed by atoms with Gasteiger partial charge in [-0.25, -0.2) is 4.98 Å². The number of carbonyl (C=O) groups is 1. The van der Waals surface area contributed by atoms with Crippen LogP contribution >= 0.6 is 23.1 Å². The molecule has 2 heterocycles. The van der Waals surface area contributed by atoms with Crippen molar-refractivity contribution in [3.05, 3.63) is 26.6 Å². The van der Waals surface area contributed by atoms with Gasteiger partial charge in [0.15, 0.2) is 0 Å². The fourth-order valence-corrected chi connectivity index (χ4v) is 4.48. The molecule has 144 valence electrons. The predicted octanol–water partition coefficient (Wildman–Crippen LogP) is 2.86. The predicted molar refractivity (Wildman–Crippen MR) is 111 cm³/mol. The number of fused-ring (bicyclic) bond motifs is 1. The quantitative estimate of drug-likeness (QED) is 0.605. The first-order chi connectivity index (χ1) is 12.4. The van der Waals surface area contributed by atoms with E-state index in [0.717, 1.165) is 34.5 Å². The maximum atomic E-state index is 12.3. The van der Waals surface area contributed by atoms with E-state index in [0.29, 0.717) is 23.5 Å². The third-order valence-electron chi connectivity index (χ3n) is 4.46. The van der Waals surface area contributed by atoms with Crippen LogP contribution in [-0.2, 0) is 10.5 Å². The molecule has 0 saturated carbocycles. The molecule has 2 aromatic rings. The van der Waals surface area contributed by atoms with Gasteiger partial charge in [-0.15, -0.1) is 23.1 Å². The third kappa shape index (κ3) is 5.08. The van der Waals surface area contributed by atoms with Gasteiger partial charge in [0.1, 0.15) is 10.7 Å². The summed E-state index contributed by atoms with van der Waals surface area (Å²) >= 11 is 2.99. The number of aromatic amines is 1. The highest BCUT2D eigenvalue weighted by Crippen LogP contribution is 2.26. The lowest BCUT2D eigenvalue weighted by atomic mass is 10.1. The Morgan fingerprint density at radius 3 is 2.81 bits per heavy atom. The average molecular weight is 397 g/mol. The van der Waals surface area contributed by atoms with Gasteiger partial charge in [-0.1, -0.05) is 19.8 Å².